The normalized spacial score (nSPS) is 12.3. The van der Waals surface area contributed by atoms with Crippen molar-refractivity contribution in [1.29, 1.82) is 0 Å². The van der Waals surface area contributed by atoms with Gasteiger partial charge in [-0.05, 0) is 30.7 Å². The number of furan rings is 1. The van der Waals surface area contributed by atoms with Crippen LogP contribution in [0.25, 0.3) is 0 Å². The number of halogens is 3. The lowest BCUT2D eigenvalue weighted by atomic mass is 10.0. The summed E-state index contributed by atoms with van der Waals surface area (Å²) in [4.78, 5) is 23.5. The van der Waals surface area contributed by atoms with Crippen molar-refractivity contribution in [2.45, 2.75) is 25.7 Å². The van der Waals surface area contributed by atoms with Crippen LogP contribution in [0.1, 0.15) is 29.9 Å². The fourth-order valence-corrected chi connectivity index (χ4v) is 2.28. The zero-order chi connectivity index (χ0) is 19.2. The summed E-state index contributed by atoms with van der Waals surface area (Å²) in [5, 5.41) is 7.21. The Kier molecular flexibility index (Phi) is 6.26. The zero-order valence-electron chi connectivity index (χ0n) is 13.9. The monoisotopic (exact) mass is 369 g/mol. The second kappa shape index (κ2) is 8.41. The molecule has 0 spiro atoms. The molecule has 1 atom stereocenters. The van der Waals surface area contributed by atoms with Crippen LogP contribution in [-0.4, -0.2) is 18.5 Å². The Hall–Kier alpha value is -2.97. The van der Waals surface area contributed by atoms with Gasteiger partial charge in [-0.3, -0.25) is 4.79 Å². The highest BCUT2D eigenvalue weighted by molar-refractivity contribution is 5.84. The van der Waals surface area contributed by atoms with Crippen LogP contribution >= 0.6 is 0 Å². The molecule has 0 aliphatic heterocycles. The van der Waals surface area contributed by atoms with Gasteiger partial charge in [-0.25, -0.2) is 4.79 Å². The maximum atomic E-state index is 13.0. The second-order valence-corrected chi connectivity index (χ2v) is 5.49. The fourth-order valence-electron chi connectivity index (χ4n) is 2.28. The van der Waals surface area contributed by atoms with Gasteiger partial charge < -0.3 is 20.4 Å². The Morgan fingerprint density at radius 3 is 2.50 bits per heavy atom. The summed E-state index contributed by atoms with van der Waals surface area (Å²) in [6.45, 7) is 1.28. The average molecular weight is 369 g/mol. The third-order valence-corrected chi connectivity index (χ3v) is 3.53. The van der Waals surface area contributed by atoms with Crippen molar-refractivity contribution >= 4 is 11.9 Å². The molecule has 3 N–H and O–H groups in total. The summed E-state index contributed by atoms with van der Waals surface area (Å²) in [6, 6.07) is 6.71. The van der Waals surface area contributed by atoms with Gasteiger partial charge in [-0.15, -0.1) is 0 Å². The molecule has 0 bridgehead atoms. The third kappa shape index (κ3) is 5.54. The van der Waals surface area contributed by atoms with Crippen LogP contribution in [0.4, 0.5) is 18.0 Å². The third-order valence-electron chi connectivity index (χ3n) is 3.53. The highest BCUT2D eigenvalue weighted by Gasteiger charge is 2.34. The number of nitrogens with one attached hydrogen (secondary N) is 3. The van der Waals surface area contributed by atoms with E-state index in [0.29, 0.717) is 5.76 Å². The first-order valence-electron chi connectivity index (χ1n) is 7.77. The topological polar surface area (TPSA) is 83.4 Å². The molecular formula is C17H18F3N3O3. The number of hydrogen-bond acceptors (Lipinski definition) is 3. The molecule has 9 heteroatoms. The molecule has 0 aliphatic rings. The lowest BCUT2D eigenvalue weighted by molar-refractivity contribution is -0.138. The minimum Gasteiger partial charge on any atom is -0.467 e. The molecule has 1 aromatic carbocycles. The standard InChI is InChI=1S/C17H18F3N3O3/c1-11(13-6-2-3-7-14(13)17(18,19)20)23-16(25)22-10-15(24)21-9-12-5-4-8-26-12/h2-8,11H,9-10H2,1H3,(H,21,24)(H2,22,23,25). The van der Waals surface area contributed by atoms with Crippen molar-refractivity contribution in [3.63, 3.8) is 0 Å². The number of rotatable bonds is 6. The molecule has 2 rings (SSSR count). The Morgan fingerprint density at radius 1 is 1.12 bits per heavy atom. The highest BCUT2D eigenvalue weighted by Crippen LogP contribution is 2.34. The SMILES string of the molecule is CC(NC(=O)NCC(=O)NCc1ccco1)c1ccccc1C(F)(F)F. The molecule has 0 saturated heterocycles. The Bertz CT molecular complexity index is 745. The van der Waals surface area contributed by atoms with Crippen molar-refractivity contribution < 1.29 is 27.2 Å². The van der Waals surface area contributed by atoms with Gasteiger partial charge in [0, 0.05) is 0 Å². The molecule has 140 valence electrons. The van der Waals surface area contributed by atoms with Gasteiger partial charge >= 0.3 is 12.2 Å². The Labute approximate surface area is 147 Å². The molecule has 1 unspecified atom stereocenters. The molecule has 1 aromatic heterocycles. The van der Waals surface area contributed by atoms with Crippen LogP contribution in [0.3, 0.4) is 0 Å². The molecule has 0 aliphatic carbocycles. The number of urea groups is 1. The zero-order valence-corrected chi connectivity index (χ0v) is 13.9. The summed E-state index contributed by atoms with van der Waals surface area (Å²) < 4.78 is 44.1. The van der Waals surface area contributed by atoms with Crippen LogP contribution in [0.2, 0.25) is 0 Å². The van der Waals surface area contributed by atoms with Crippen LogP contribution in [0.5, 0.6) is 0 Å². The first kappa shape index (κ1) is 19.4. The van der Waals surface area contributed by atoms with E-state index in [0.717, 1.165) is 6.07 Å². The first-order chi connectivity index (χ1) is 12.3. The summed E-state index contributed by atoms with van der Waals surface area (Å²) in [7, 11) is 0. The van der Waals surface area contributed by atoms with Crippen LogP contribution in [-0.2, 0) is 17.5 Å². The Balaban J connectivity index is 1.83. The number of carbonyl (C=O) groups is 2. The smallest absolute Gasteiger partial charge is 0.416 e. The van der Waals surface area contributed by atoms with Crippen molar-refractivity contribution in [2.75, 3.05) is 6.54 Å². The average Bonchev–Trinajstić information content (AvgIpc) is 3.11. The molecule has 1 heterocycles. The van der Waals surface area contributed by atoms with Crippen molar-refractivity contribution in [3.05, 3.63) is 59.5 Å². The van der Waals surface area contributed by atoms with Crippen LogP contribution in [0, 0.1) is 0 Å². The van der Waals surface area contributed by atoms with Crippen LogP contribution in [0.15, 0.2) is 47.1 Å². The molecule has 2 aromatic rings. The second-order valence-electron chi connectivity index (χ2n) is 5.49. The summed E-state index contributed by atoms with van der Waals surface area (Å²) in [5.74, 6) is 0.0973. The van der Waals surface area contributed by atoms with E-state index in [1.807, 2.05) is 0 Å². The summed E-state index contributed by atoms with van der Waals surface area (Å²) in [5.41, 5.74) is -0.874. The molecule has 26 heavy (non-hydrogen) atoms. The van der Waals surface area contributed by atoms with Crippen molar-refractivity contribution in [2.24, 2.45) is 0 Å². The predicted molar refractivity (Wildman–Crippen MR) is 86.9 cm³/mol. The van der Waals surface area contributed by atoms with Gasteiger partial charge in [0.25, 0.3) is 0 Å². The Morgan fingerprint density at radius 2 is 1.85 bits per heavy atom. The van der Waals surface area contributed by atoms with Crippen LogP contribution < -0.4 is 16.0 Å². The van der Waals surface area contributed by atoms with E-state index in [4.69, 9.17) is 4.42 Å². The van der Waals surface area contributed by atoms with E-state index in [1.165, 1.54) is 31.4 Å². The summed E-state index contributed by atoms with van der Waals surface area (Å²) in [6.07, 6.45) is -3.05. The molecular weight excluding hydrogens is 351 g/mol. The van der Waals surface area contributed by atoms with E-state index in [2.05, 4.69) is 16.0 Å². The number of carbonyl (C=O) groups excluding carboxylic acids is 2. The molecule has 6 nitrogen and oxygen atoms in total. The van der Waals surface area contributed by atoms with E-state index in [-0.39, 0.29) is 18.7 Å². The highest BCUT2D eigenvalue weighted by atomic mass is 19.4. The lowest BCUT2D eigenvalue weighted by Crippen LogP contribution is -2.42. The maximum Gasteiger partial charge on any atom is 0.416 e. The van der Waals surface area contributed by atoms with Crippen molar-refractivity contribution in [3.8, 4) is 0 Å². The number of hydrogen-bond donors (Lipinski definition) is 3. The van der Waals surface area contributed by atoms with E-state index in [9.17, 15) is 22.8 Å². The number of alkyl halides is 3. The van der Waals surface area contributed by atoms with Gasteiger partial charge in [-0.2, -0.15) is 13.2 Å². The quantitative estimate of drug-likeness (QED) is 0.732. The van der Waals surface area contributed by atoms with Crippen molar-refractivity contribution in [1.82, 2.24) is 16.0 Å². The van der Waals surface area contributed by atoms with Gasteiger partial charge in [0.1, 0.15) is 5.76 Å². The summed E-state index contributed by atoms with van der Waals surface area (Å²) >= 11 is 0. The fraction of sp³-hybridized carbons (Fsp3) is 0.294. The molecule has 0 saturated carbocycles. The number of amides is 3. The van der Waals surface area contributed by atoms with E-state index >= 15 is 0 Å². The minimum atomic E-state index is -4.52. The van der Waals surface area contributed by atoms with E-state index in [1.54, 1.807) is 12.1 Å². The predicted octanol–water partition coefficient (Wildman–Crippen LogP) is 2.98. The van der Waals surface area contributed by atoms with Gasteiger partial charge in [-0.1, -0.05) is 18.2 Å². The molecule has 3 amide bonds. The largest absolute Gasteiger partial charge is 0.467 e. The number of benzene rings is 1. The molecule has 0 radical (unpaired) electrons. The van der Waals surface area contributed by atoms with E-state index < -0.39 is 29.7 Å². The lowest BCUT2D eigenvalue weighted by Gasteiger charge is -2.19. The minimum absolute atomic E-state index is 0.0579. The van der Waals surface area contributed by atoms with Gasteiger partial charge in [0.15, 0.2) is 0 Å². The van der Waals surface area contributed by atoms with Gasteiger partial charge in [0.05, 0.1) is 31.0 Å². The maximum absolute atomic E-state index is 13.0. The van der Waals surface area contributed by atoms with Gasteiger partial charge in [0.2, 0.25) is 5.91 Å². The first-order valence-corrected chi connectivity index (χ1v) is 7.77. The molecule has 0 fully saturated rings.